The van der Waals surface area contributed by atoms with Gasteiger partial charge in [0.2, 0.25) is 6.41 Å². The van der Waals surface area contributed by atoms with Crippen LogP contribution in [0.15, 0.2) is 48.5 Å². The highest BCUT2D eigenvalue weighted by atomic mass is 16.5. The third-order valence-corrected chi connectivity index (χ3v) is 2.52. The van der Waals surface area contributed by atoms with Gasteiger partial charge in [-0.1, -0.05) is 36.4 Å². The third kappa shape index (κ3) is 2.45. The molecule has 1 amide bonds. The van der Waals surface area contributed by atoms with Crippen LogP contribution in [0.25, 0.3) is 11.1 Å². The molecule has 0 aliphatic carbocycles. The van der Waals surface area contributed by atoms with Crippen molar-refractivity contribution < 1.29 is 9.53 Å². The maximum atomic E-state index is 10.5. The Morgan fingerprint density at radius 3 is 2.47 bits per heavy atom. The minimum absolute atomic E-state index is 0.645. The molecule has 0 radical (unpaired) electrons. The molecule has 0 unspecified atom stereocenters. The summed E-state index contributed by atoms with van der Waals surface area (Å²) in [7, 11) is 1.58. The van der Waals surface area contributed by atoms with Crippen LogP contribution in [0.1, 0.15) is 0 Å². The third-order valence-electron chi connectivity index (χ3n) is 2.52. The number of ether oxygens (including phenoxy) is 1. The number of anilines is 1. The van der Waals surface area contributed by atoms with Gasteiger partial charge in [-0.2, -0.15) is 0 Å². The van der Waals surface area contributed by atoms with Gasteiger partial charge in [0, 0.05) is 0 Å². The quantitative estimate of drug-likeness (QED) is 0.815. The van der Waals surface area contributed by atoms with Crippen LogP contribution in [-0.4, -0.2) is 13.5 Å². The summed E-state index contributed by atoms with van der Waals surface area (Å²) in [5.41, 5.74) is 2.81. The largest absolute Gasteiger partial charge is 0.495 e. The average Bonchev–Trinajstić information content (AvgIpc) is 2.40. The first-order valence-corrected chi connectivity index (χ1v) is 5.29. The topological polar surface area (TPSA) is 38.3 Å². The van der Waals surface area contributed by atoms with E-state index in [1.807, 2.05) is 48.5 Å². The highest BCUT2D eigenvalue weighted by molar-refractivity contribution is 5.80. The van der Waals surface area contributed by atoms with E-state index >= 15 is 0 Å². The lowest BCUT2D eigenvalue weighted by molar-refractivity contribution is -0.105. The van der Waals surface area contributed by atoms with Crippen molar-refractivity contribution >= 4 is 12.1 Å². The molecule has 2 aromatic carbocycles. The van der Waals surface area contributed by atoms with E-state index in [9.17, 15) is 4.79 Å². The second-order valence-electron chi connectivity index (χ2n) is 3.54. The van der Waals surface area contributed by atoms with Crippen molar-refractivity contribution in [1.29, 1.82) is 0 Å². The van der Waals surface area contributed by atoms with Gasteiger partial charge >= 0.3 is 0 Å². The Balaban J connectivity index is 2.43. The highest BCUT2D eigenvalue weighted by Gasteiger charge is 2.04. The molecule has 0 spiro atoms. The summed E-state index contributed by atoms with van der Waals surface area (Å²) in [5, 5.41) is 2.63. The van der Waals surface area contributed by atoms with E-state index in [2.05, 4.69) is 5.32 Å². The first-order chi connectivity index (χ1) is 8.35. The molecule has 0 aliphatic heterocycles. The fraction of sp³-hybridized carbons (Fsp3) is 0.0714. The molecule has 0 saturated heterocycles. The fourth-order valence-corrected chi connectivity index (χ4v) is 1.69. The minimum atomic E-state index is 0.645. The summed E-state index contributed by atoms with van der Waals surface area (Å²) in [6.45, 7) is 0. The van der Waals surface area contributed by atoms with Crippen molar-refractivity contribution in [3.8, 4) is 16.9 Å². The molecule has 2 rings (SSSR count). The molecule has 0 aromatic heterocycles. The molecular weight excluding hydrogens is 214 g/mol. The van der Waals surface area contributed by atoms with E-state index in [0.717, 1.165) is 11.1 Å². The van der Waals surface area contributed by atoms with E-state index in [4.69, 9.17) is 4.74 Å². The van der Waals surface area contributed by atoms with Crippen molar-refractivity contribution in [2.45, 2.75) is 0 Å². The van der Waals surface area contributed by atoms with Crippen LogP contribution >= 0.6 is 0 Å². The van der Waals surface area contributed by atoms with Gasteiger partial charge in [0.25, 0.3) is 0 Å². The number of hydrogen-bond acceptors (Lipinski definition) is 2. The predicted octanol–water partition coefficient (Wildman–Crippen LogP) is 2.93. The number of carbonyl (C=O) groups is 1. The Bertz CT molecular complexity index is 509. The summed E-state index contributed by atoms with van der Waals surface area (Å²) < 4.78 is 5.17. The van der Waals surface area contributed by atoms with Gasteiger partial charge in [-0.25, -0.2) is 0 Å². The molecule has 0 saturated carbocycles. The van der Waals surface area contributed by atoms with Crippen molar-refractivity contribution in [2.75, 3.05) is 12.4 Å². The van der Waals surface area contributed by atoms with Gasteiger partial charge in [-0.15, -0.1) is 0 Å². The zero-order valence-corrected chi connectivity index (χ0v) is 9.51. The molecule has 0 heterocycles. The van der Waals surface area contributed by atoms with Crippen molar-refractivity contribution in [1.82, 2.24) is 0 Å². The van der Waals surface area contributed by atoms with E-state index in [1.165, 1.54) is 0 Å². The predicted molar refractivity (Wildman–Crippen MR) is 68.1 cm³/mol. The number of methoxy groups -OCH3 is 1. The Morgan fingerprint density at radius 2 is 1.82 bits per heavy atom. The first-order valence-electron chi connectivity index (χ1n) is 5.29. The highest BCUT2D eigenvalue weighted by Crippen LogP contribution is 2.30. The lowest BCUT2D eigenvalue weighted by Crippen LogP contribution is -1.97. The summed E-state index contributed by atoms with van der Waals surface area (Å²) >= 11 is 0. The van der Waals surface area contributed by atoms with Crippen LogP contribution < -0.4 is 10.1 Å². The number of amides is 1. The van der Waals surface area contributed by atoms with Crippen LogP contribution in [-0.2, 0) is 4.79 Å². The Kier molecular flexibility index (Phi) is 3.40. The smallest absolute Gasteiger partial charge is 0.211 e. The van der Waals surface area contributed by atoms with E-state index < -0.39 is 0 Å². The van der Waals surface area contributed by atoms with Gasteiger partial charge in [0.15, 0.2) is 0 Å². The standard InChI is InChI=1S/C14H13NO2/c1-17-14-8-7-12(9-13(14)15-10-16)11-5-3-2-4-6-11/h2-10H,1H3,(H,15,16). The molecule has 1 N–H and O–H groups in total. The minimum Gasteiger partial charge on any atom is -0.495 e. The molecule has 3 heteroatoms. The maximum Gasteiger partial charge on any atom is 0.211 e. The van der Waals surface area contributed by atoms with E-state index in [1.54, 1.807) is 7.11 Å². The van der Waals surface area contributed by atoms with Crippen LogP contribution in [0.3, 0.4) is 0 Å². The van der Waals surface area contributed by atoms with Crippen LogP contribution in [0, 0.1) is 0 Å². The van der Waals surface area contributed by atoms with E-state index in [-0.39, 0.29) is 0 Å². The monoisotopic (exact) mass is 227 g/mol. The van der Waals surface area contributed by atoms with Gasteiger partial charge in [0.1, 0.15) is 5.75 Å². The van der Waals surface area contributed by atoms with Crippen LogP contribution in [0.2, 0.25) is 0 Å². The fourth-order valence-electron chi connectivity index (χ4n) is 1.69. The Labute approximate surface area is 100 Å². The second-order valence-corrected chi connectivity index (χ2v) is 3.54. The molecule has 86 valence electrons. The lowest BCUT2D eigenvalue weighted by atomic mass is 10.0. The average molecular weight is 227 g/mol. The summed E-state index contributed by atoms with van der Waals surface area (Å²) in [6.07, 6.45) is 0.645. The van der Waals surface area contributed by atoms with Crippen molar-refractivity contribution in [3.05, 3.63) is 48.5 Å². The number of benzene rings is 2. The zero-order chi connectivity index (χ0) is 12.1. The van der Waals surface area contributed by atoms with Crippen LogP contribution in [0.5, 0.6) is 5.75 Å². The number of rotatable bonds is 4. The van der Waals surface area contributed by atoms with Gasteiger partial charge in [-0.05, 0) is 23.3 Å². The number of hydrogen-bond donors (Lipinski definition) is 1. The summed E-state index contributed by atoms with van der Waals surface area (Å²) in [5.74, 6) is 0.650. The zero-order valence-electron chi connectivity index (χ0n) is 9.51. The lowest BCUT2D eigenvalue weighted by Gasteiger charge is -2.09. The summed E-state index contributed by atoms with van der Waals surface area (Å²) in [4.78, 5) is 10.5. The number of carbonyl (C=O) groups excluding carboxylic acids is 1. The SMILES string of the molecule is COc1ccc(-c2ccccc2)cc1NC=O. The second kappa shape index (κ2) is 5.16. The molecule has 0 bridgehead atoms. The molecule has 0 fully saturated rings. The molecule has 0 aliphatic rings. The van der Waals surface area contributed by atoms with Gasteiger partial charge < -0.3 is 10.1 Å². The van der Waals surface area contributed by atoms with Crippen molar-refractivity contribution in [2.24, 2.45) is 0 Å². The maximum absolute atomic E-state index is 10.5. The van der Waals surface area contributed by atoms with E-state index in [0.29, 0.717) is 17.8 Å². The van der Waals surface area contributed by atoms with Gasteiger partial charge in [0.05, 0.1) is 12.8 Å². The molecular formula is C14H13NO2. The Morgan fingerprint density at radius 1 is 1.06 bits per heavy atom. The first kappa shape index (κ1) is 11.2. The molecule has 0 atom stereocenters. The normalized spacial score (nSPS) is 9.71. The molecule has 3 nitrogen and oxygen atoms in total. The van der Waals surface area contributed by atoms with Crippen molar-refractivity contribution in [3.63, 3.8) is 0 Å². The van der Waals surface area contributed by atoms with Gasteiger partial charge in [-0.3, -0.25) is 4.79 Å². The molecule has 2 aromatic rings. The van der Waals surface area contributed by atoms with Crippen LogP contribution in [0.4, 0.5) is 5.69 Å². The Hall–Kier alpha value is -2.29. The summed E-state index contributed by atoms with van der Waals surface area (Å²) in [6, 6.07) is 15.7. The number of nitrogens with one attached hydrogen (secondary N) is 1. The molecule has 17 heavy (non-hydrogen) atoms.